The number of nitrogens with zero attached hydrogens (tertiary/aromatic N) is 2. The number of nitrogens with two attached hydrogens (primary N) is 1. The number of hydrogen-bond acceptors (Lipinski definition) is 4. The molecule has 0 saturated heterocycles. The maximum atomic E-state index is 11.2. The lowest BCUT2D eigenvalue weighted by atomic mass is 10.3. The second kappa shape index (κ2) is 4.54. The largest absolute Gasteiger partial charge is 0.320 e. The number of rotatable bonds is 2. The Kier molecular flexibility index (Phi) is 3.62. The minimum atomic E-state index is -0.623. The number of carbonyl (C=O) groups is 1. The van der Waals surface area contributed by atoms with Crippen LogP contribution in [0.15, 0.2) is 6.07 Å². The minimum Gasteiger partial charge on any atom is -0.320 e. The van der Waals surface area contributed by atoms with Crippen molar-refractivity contribution in [3.8, 4) is 0 Å². The van der Waals surface area contributed by atoms with Gasteiger partial charge in [-0.05, 0) is 18.5 Å². The summed E-state index contributed by atoms with van der Waals surface area (Å²) in [5.41, 5.74) is 5.34. The first kappa shape index (κ1) is 11.2. The summed E-state index contributed by atoms with van der Waals surface area (Å²) in [4.78, 5) is 18.5. The van der Waals surface area contributed by atoms with Crippen LogP contribution in [0.25, 0.3) is 0 Å². The summed E-state index contributed by atoms with van der Waals surface area (Å²) in [5.74, 6) is -0.131. The Labute approximate surface area is 90.6 Å². The van der Waals surface area contributed by atoms with E-state index in [0.29, 0.717) is 0 Å². The van der Waals surface area contributed by atoms with Gasteiger partial charge < -0.3 is 11.1 Å². The normalized spacial score (nSPS) is 12.3. The van der Waals surface area contributed by atoms with Gasteiger partial charge in [-0.15, -0.1) is 0 Å². The van der Waals surface area contributed by atoms with Crippen LogP contribution in [0.2, 0.25) is 10.4 Å². The molecule has 1 heterocycles. The van der Waals surface area contributed by atoms with Crippen molar-refractivity contribution in [2.45, 2.75) is 13.0 Å². The zero-order chi connectivity index (χ0) is 10.7. The number of nitrogens with one attached hydrogen (secondary N) is 1. The van der Waals surface area contributed by atoms with Crippen LogP contribution in [0.3, 0.4) is 0 Å². The van der Waals surface area contributed by atoms with Crippen LogP contribution in [-0.4, -0.2) is 21.9 Å². The molecule has 76 valence electrons. The molecular formula is C7H8Cl2N4O. The maximum absolute atomic E-state index is 11.2. The number of carbonyl (C=O) groups excluding carboxylic acids is 1. The van der Waals surface area contributed by atoms with Gasteiger partial charge in [-0.25, -0.2) is 9.97 Å². The van der Waals surface area contributed by atoms with E-state index in [2.05, 4.69) is 15.3 Å². The van der Waals surface area contributed by atoms with Gasteiger partial charge in [0, 0.05) is 6.07 Å². The van der Waals surface area contributed by atoms with E-state index in [4.69, 9.17) is 28.9 Å². The second-order valence-corrected chi connectivity index (χ2v) is 3.35. The first-order valence-electron chi connectivity index (χ1n) is 3.75. The van der Waals surface area contributed by atoms with Crippen LogP contribution >= 0.6 is 23.2 Å². The zero-order valence-corrected chi connectivity index (χ0v) is 8.80. The first-order chi connectivity index (χ1) is 6.49. The van der Waals surface area contributed by atoms with Gasteiger partial charge in [0.25, 0.3) is 0 Å². The topological polar surface area (TPSA) is 80.9 Å². The summed E-state index contributed by atoms with van der Waals surface area (Å²) in [7, 11) is 0. The number of anilines is 1. The Hall–Kier alpha value is -0.910. The summed E-state index contributed by atoms with van der Waals surface area (Å²) < 4.78 is 0. The third-order valence-corrected chi connectivity index (χ3v) is 1.70. The fraction of sp³-hybridized carbons (Fsp3) is 0.286. The molecule has 3 N–H and O–H groups in total. The van der Waals surface area contributed by atoms with Crippen LogP contribution in [0.5, 0.6) is 0 Å². The van der Waals surface area contributed by atoms with Crippen LogP contribution in [0.1, 0.15) is 6.92 Å². The maximum Gasteiger partial charge on any atom is 0.242 e. The minimum absolute atomic E-state index is 0.0301. The molecule has 0 aliphatic rings. The van der Waals surface area contributed by atoms with Gasteiger partial charge in [-0.1, -0.05) is 11.6 Å². The van der Waals surface area contributed by atoms with Gasteiger partial charge in [0.2, 0.25) is 11.2 Å². The van der Waals surface area contributed by atoms with Gasteiger partial charge in [-0.3, -0.25) is 4.79 Å². The molecule has 0 aliphatic heterocycles. The highest BCUT2D eigenvalue weighted by molar-refractivity contribution is 6.32. The molecular weight excluding hydrogens is 227 g/mol. The molecule has 1 atom stereocenters. The van der Waals surface area contributed by atoms with Crippen LogP contribution < -0.4 is 11.1 Å². The Morgan fingerprint density at radius 1 is 1.57 bits per heavy atom. The molecule has 1 aromatic rings. The lowest BCUT2D eigenvalue weighted by Crippen LogP contribution is -2.32. The smallest absolute Gasteiger partial charge is 0.242 e. The molecule has 14 heavy (non-hydrogen) atoms. The number of halogens is 2. The Bertz CT molecular complexity index is 335. The third kappa shape index (κ3) is 3.10. The van der Waals surface area contributed by atoms with E-state index in [-0.39, 0.29) is 22.2 Å². The predicted octanol–water partition coefficient (Wildman–Crippen LogP) is 1.07. The van der Waals surface area contributed by atoms with Crippen molar-refractivity contribution in [3.05, 3.63) is 16.5 Å². The highest BCUT2D eigenvalue weighted by Crippen LogP contribution is 2.14. The summed E-state index contributed by atoms with van der Waals surface area (Å²) in [6, 6.07) is 0.760. The van der Waals surface area contributed by atoms with Crippen molar-refractivity contribution in [2.75, 3.05) is 5.32 Å². The highest BCUT2D eigenvalue weighted by Gasteiger charge is 2.09. The lowest BCUT2D eigenvalue weighted by Gasteiger charge is -2.06. The van der Waals surface area contributed by atoms with E-state index in [1.165, 1.54) is 6.07 Å². The SMILES string of the molecule is C[C@@H](N)C(=O)Nc1cc(Cl)nc(Cl)n1. The molecule has 0 spiro atoms. The summed E-state index contributed by atoms with van der Waals surface area (Å²) in [6.07, 6.45) is 0. The van der Waals surface area contributed by atoms with E-state index in [0.717, 1.165) is 0 Å². The van der Waals surface area contributed by atoms with Crippen LogP contribution in [0, 0.1) is 0 Å². The number of amides is 1. The van der Waals surface area contributed by atoms with E-state index in [9.17, 15) is 4.79 Å². The van der Waals surface area contributed by atoms with Crippen molar-refractivity contribution >= 4 is 34.9 Å². The van der Waals surface area contributed by atoms with Gasteiger partial charge in [0.1, 0.15) is 11.0 Å². The van der Waals surface area contributed by atoms with Gasteiger partial charge in [0.15, 0.2) is 0 Å². The quantitative estimate of drug-likeness (QED) is 0.593. The van der Waals surface area contributed by atoms with Crippen molar-refractivity contribution in [1.82, 2.24) is 9.97 Å². The highest BCUT2D eigenvalue weighted by atomic mass is 35.5. The third-order valence-electron chi connectivity index (χ3n) is 1.33. The predicted molar refractivity (Wildman–Crippen MR) is 54.3 cm³/mol. The van der Waals surface area contributed by atoms with Gasteiger partial charge >= 0.3 is 0 Å². The average Bonchev–Trinajstić information content (AvgIpc) is 2.01. The second-order valence-electron chi connectivity index (χ2n) is 2.62. The Morgan fingerprint density at radius 2 is 2.21 bits per heavy atom. The van der Waals surface area contributed by atoms with E-state index < -0.39 is 6.04 Å². The molecule has 0 saturated carbocycles. The summed E-state index contributed by atoms with van der Waals surface area (Å²) >= 11 is 11.1. The Morgan fingerprint density at radius 3 is 2.71 bits per heavy atom. The monoisotopic (exact) mass is 234 g/mol. The van der Waals surface area contributed by atoms with Gasteiger partial charge in [0.05, 0.1) is 6.04 Å². The van der Waals surface area contributed by atoms with E-state index >= 15 is 0 Å². The van der Waals surface area contributed by atoms with E-state index in [1.54, 1.807) is 6.92 Å². The zero-order valence-electron chi connectivity index (χ0n) is 7.29. The molecule has 5 nitrogen and oxygen atoms in total. The Balaban J connectivity index is 2.82. The molecule has 0 radical (unpaired) electrons. The van der Waals surface area contributed by atoms with Crippen molar-refractivity contribution in [3.63, 3.8) is 0 Å². The molecule has 0 aliphatic carbocycles. The van der Waals surface area contributed by atoms with Crippen molar-refractivity contribution < 1.29 is 4.79 Å². The lowest BCUT2D eigenvalue weighted by molar-refractivity contribution is -0.117. The molecule has 0 bridgehead atoms. The molecule has 1 rings (SSSR count). The summed E-state index contributed by atoms with van der Waals surface area (Å²) in [5, 5.41) is 2.57. The first-order valence-corrected chi connectivity index (χ1v) is 4.51. The average molecular weight is 235 g/mol. The number of aromatic nitrogens is 2. The number of hydrogen-bond donors (Lipinski definition) is 2. The molecule has 0 fully saturated rings. The van der Waals surface area contributed by atoms with Crippen LogP contribution in [-0.2, 0) is 4.79 Å². The van der Waals surface area contributed by atoms with Crippen LogP contribution in [0.4, 0.5) is 5.82 Å². The fourth-order valence-corrected chi connectivity index (χ4v) is 1.10. The molecule has 0 aromatic carbocycles. The molecule has 0 unspecified atom stereocenters. The van der Waals surface area contributed by atoms with Crippen molar-refractivity contribution in [2.24, 2.45) is 5.73 Å². The molecule has 7 heteroatoms. The fourth-order valence-electron chi connectivity index (χ4n) is 0.694. The molecule has 1 aromatic heterocycles. The van der Waals surface area contributed by atoms with Crippen molar-refractivity contribution in [1.29, 1.82) is 0 Å². The summed E-state index contributed by atoms with van der Waals surface area (Å²) in [6.45, 7) is 1.56. The molecule has 1 amide bonds. The van der Waals surface area contributed by atoms with E-state index in [1.807, 2.05) is 0 Å². The van der Waals surface area contributed by atoms with Gasteiger partial charge in [-0.2, -0.15) is 0 Å². The standard InChI is InChI=1S/C7H8Cl2N4O/c1-3(10)6(14)12-5-2-4(8)11-7(9)13-5/h2-3H,10H2,1H3,(H,11,12,13,14)/t3-/m1/s1.